The van der Waals surface area contributed by atoms with Crippen molar-refractivity contribution in [3.05, 3.63) is 21.9 Å². The van der Waals surface area contributed by atoms with Crippen molar-refractivity contribution in [2.45, 2.75) is 51.9 Å². The van der Waals surface area contributed by atoms with Gasteiger partial charge in [-0.2, -0.15) is 0 Å². The van der Waals surface area contributed by atoms with Crippen LogP contribution in [0, 0.1) is 12.8 Å². The Morgan fingerprint density at radius 2 is 1.93 bits per heavy atom. The molecule has 1 heteroatoms. The summed E-state index contributed by atoms with van der Waals surface area (Å²) in [4.78, 5) is 3.11. The number of aryl methyl sites for hydroxylation is 1. The van der Waals surface area contributed by atoms with Crippen LogP contribution in [0.5, 0.6) is 0 Å². The summed E-state index contributed by atoms with van der Waals surface area (Å²) in [7, 11) is 0. The molecule has 1 fully saturated rings. The lowest BCUT2D eigenvalue weighted by atomic mass is 9.80. The lowest BCUT2D eigenvalue weighted by Gasteiger charge is -2.26. The zero-order valence-corrected chi connectivity index (χ0v) is 10.1. The minimum atomic E-state index is 0.886. The molecule has 2 rings (SSSR count). The summed E-state index contributed by atoms with van der Waals surface area (Å²) in [5.41, 5.74) is 0. The maximum Gasteiger partial charge on any atom is 0.00790 e. The van der Waals surface area contributed by atoms with Crippen molar-refractivity contribution in [3.8, 4) is 0 Å². The molecule has 0 nitrogen and oxygen atoms in total. The highest BCUT2D eigenvalue weighted by Crippen LogP contribution is 2.39. The van der Waals surface area contributed by atoms with E-state index in [0.717, 1.165) is 11.8 Å². The molecule has 0 aliphatic heterocycles. The lowest BCUT2D eigenvalue weighted by molar-refractivity contribution is 0.321. The first-order valence-corrected chi connectivity index (χ1v) is 6.67. The molecule has 0 unspecified atom stereocenters. The van der Waals surface area contributed by atoms with E-state index in [1.165, 1.54) is 37.0 Å². The second kappa shape index (κ2) is 4.48. The van der Waals surface area contributed by atoms with Gasteiger partial charge < -0.3 is 0 Å². The molecular formula is C13H20S. The highest BCUT2D eigenvalue weighted by molar-refractivity contribution is 7.12. The third-order valence-electron chi connectivity index (χ3n) is 3.59. The van der Waals surface area contributed by atoms with Crippen molar-refractivity contribution in [2.75, 3.05) is 0 Å². The number of rotatable bonds is 2. The van der Waals surface area contributed by atoms with E-state index in [-0.39, 0.29) is 0 Å². The molecule has 0 radical (unpaired) electrons. The van der Waals surface area contributed by atoms with E-state index in [4.69, 9.17) is 0 Å². The molecule has 0 amide bonds. The minimum Gasteiger partial charge on any atom is -0.145 e. The molecule has 0 saturated heterocycles. The molecule has 78 valence electrons. The fourth-order valence-corrected chi connectivity index (χ4v) is 3.57. The van der Waals surface area contributed by atoms with Gasteiger partial charge in [0.1, 0.15) is 0 Å². The second-order valence-corrected chi connectivity index (χ2v) is 5.89. The summed E-state index contributed by atoms with van der Waals surface area (Å²) in [5.74, 6) is 1.91. The third-order valence-corrected chi connectivity index (χ3v) is 4.75. The van der Waals surface area contributed by atoms with Gasteiger partial charge in [0.05, 0.1) is 0 Å². The van der Waals surface area contributed by atoms with Crippen LogP contribution in [0.1, 0.15) is 54.7 Å². The van der Waals surface area contributed by atoms with Crippen LogP contribution in [0.15, 0.2) is 12.1 Å². The van der Waals surface area contributed by atoms with Gasteiger partial charge >= 0.3 is 0 Å². The van der Waals surface area contributed by atoms with Gasteiger partial charge in [-0.05, 0) is 56.6 Å². The average molecular weight is 208 g/mol. The highest BCUT2D eigenvalue weighted by Gasteiger charge is 2.21. The molecule has 0 spiro atoms. The van der Waals surface area contributed by atoms with Crippen molar-refractivity contribution in [3.63, 3.8) is 0 Å². The molecule has 1 aliphatic rings. The molecule has 0 bridgehead atoms. The Kier molecular flexibility index (Phi) is 3.27. The topological polar surface area (TPSA) is 0 Å². The molecule has 1 aromatic heterocycles. The summed E-state index contributed by atoms with van der Waals surface area (Å²) in [6, 6.07) is 4.61. The maximum absolute atomic E-state index is 2.34. The zero-order valence-electron chi connectivity index (χ0n) is 9.25. The van der Waals surface area contributed by atoms with E-state index in [2.05, 4.69) is 26.0 Å². The van der Waals surface area contributed by atoms with Crippen LogP contribution in [-0.2, 0) is 0 Å². The average Bonchev–Trinajstić information content (AvgIpc) is 2.65. The van der Waals surface area contributed by atoms with Crippen LogP contribution in [0.3, 0.4) is 0 Å². The Morgan fingerprint density at radius 1 is 1.21 bits per heavy atom. The molecular weight excluding hydrogens is 188 g/mol. The molecule has 1 aromatic rings. The fourth-order valence-electron chi connectivity index (χ4n) is 2.53. The van der Waals surface area contributed by atoms with E-state index in [1.54, 1.807) is 4.88 Å². The summed E-state index contributed by atoms with van der Waals surface area (Å²) < 4.78 is 0. The molecule has 1 aliphatic carbocycles. The van der Waals surface area contributed by atoms with Gasteiger partial charge in [0.25, 0.3) is 0 Å². The van der Waals surface area contributed by atoms with Gasteiger partial charge in [-0.3, -0.25) is 0 Å². The standard InChI is InChI=1S/C13H20S/c1-3-11-5-7-12(8-6-11)13-9-4-10(2)14-13/h4,9,11-12H,3,5-8H2,1-2H3. The van der Waals surface area contributed by atoms with Crippen LogP contribution in [0.2, 0.25) is 0 Å². The predicted molar refractivity (Wildman–Crippen MR) is 64.0 cm³/mol. The third kappa shape index (κ3) is 2.20. The predicted octanol–water partition coefficient (Wildman–Crippen LogP) is 4.74. The first kappa shape index (κ1) is 10.2. The Bertz CT molecular complexity index is 279. The Morgan fingerprint density at radius 3 is 2.43 bits per heavy atom. The molecule has 0 atom stereocenters. The number of hydrogen-bond acceptors (Lipinski definition) is 1. The Labute approximate surface area is 91.4 Å². The molecule has 0 N–H and O–H groups in total. The van der Waals surface area contributed by atoms with Crippen LogP contribution in [0.4, 0.5) is 0 Å². The first-order chi connectivity index (χ1) is 6.79. The van der Waals surface area contributed by atoms with Gasteiger partial charge in [0.2, 0.25) is 0 Å². The summed E-state index contributed by atoms with van der Waals surface area (Å²) >= 11 is 2.00. The molecule has 0 aromatic carbocycles. The van der Waals surface area contributed by atoms with E-state index in [1.807, 2.05) is 11.3 Å². The Hall–Kier alpha value is -0.300. The van der Waals surface area contributed by atoms with Gasteiger partial charge in [0.15, 0.2) is 0 Å². The SMILES string of the molecule is CCC1CCC(c2ccc(C)s2)CC1. The van der Waals surface area contributed by atoms with Gasteiger partial charge in [0, 0.05) is 9.75 Å². The second-order valence-electron chi connectivity index (χ2n) is 4.57. The largest absolute Gasteiger partial charge is 0.145 e. The van der Waals surface area contributed by atoms with Crippen LogP contribution >= 0.6 is 11.3 Å². The van der Waals surface area contributed by atoms with Crippen LogP contribution in [0.25, 0.3) is 0 Å². The highest BCUT2D eigenvalue weighted by atomic mass is 32.1. The van der Waals surface area contributed by atoms with E-state index in [0.29, 0.717) is 0 Å². The lowest BCUT2D eigenvalue weighted by Crippen LogP contribution is -2.11. The smallest absolute Gasteiger partial charge is 0.00790 e. The number of thiophene rings is 1. The molecule has 14 heavy (non-hydrogen) atoms. The monoisotopic (exact) mass is 208 g/mol. The minimum absolute atomic E-state index is 0.886. The van der Waals surface area contributed by atoms with Gasteiger partial charge in [-0.15, -0.1) is 11.3 Å². The summed E-state index contributed by atoms with van der Waals surface area (Å²) in [5, 5.41) is 0. The van der Waals surface area contributed by atoms with Crippen molar-refractivity contribution in [1.82, 2.24) is 0 Å². The van der Waals surface area contributed by atoms with Crippen molar-refractivity contribution in [1.29, 1.82) is 0 Å². The zero-order chi connectivity index (χ0) is 9.97. The van der Waals surface area contributed by atoms with Crippen molar-refractivity contribution < 1.29 is 0 Å². The van der Waals surface area contributed by atoms with E-state index < -0.39 is 0 Å². The van der Waals surface area contributed by atoms with Gasteiger partial charge in [-0.25, -0.2) is 0 Å². The first-order valence-electron chi connectivity index (χ1n) is 5.86. The maximum atomic E-state index is 2.34. The Balaban J connectivity index is 1.95. The van der Waals surface area contributed by atoms with Gasteiger partial charge in [-0.1, -0.05) is 13.3 Å². The van der Waals surface area contributed by atoms with E-state index >= 15 is 0 Å². The summed E-state index contributed by atoms with van der Waals surface area (Å²) in [6.45, 7) is 4.55. The normalized spacial score (nSPS) is 27.9. The van der Waals surface area contributed by atoms with Crippen LogP contribution in [-0.4, -0.2) is 0 Å². The molecule has 1 saturated carbocycles. The van der Waals surface area contributed by atoms with Crippen molar-refractivity contribution >= 4 is 11.3 Å². The van der Waals surface area contributed by atoms with E-state index in [9.17, 15) is 0 Å². The summed E-state index contributed by atoms with van der Waals surface area (Å²) in [6.07, 6.45) is 7.16. The van der Waals surface area contributed by atoms with Crippen LogP contribution < -0.4 is 0 Å². The fraction of sp³-hybridized carbons (Fsp3) is 0.692. The quantitative estimate of drug-likeness (QED) is 0.658. The van der Waals surface area contributed by atoms with Crippen molar-refractivity contribution in [2.24, 2.45) is 5.92 Å². The molecule has 1 heterocycles. The number of hydrogen-bond donors (Lipinski definition) is 0.